The van der Waals surface area contributed by atoms with Crippen molar-refractivity contribution in [3.63, 3.8) is 0 Å². The van der Waals surface area contributed by atoms with Gasteiger partial charge in [-0.3, -0.25) is 9.71 Å². The molecule has 0 saturated heterocycles. The Hall–Kier alpha value is -2.09. The summed E-state index contributed by atoms with van der Waals surface area (Å²) >= 11 is 0. The van der Waals surface area contributed by atoms with Crippen molar-refractivity contribution in [1.29, 1.82) is 0 Å². The predicted octanol–water partition coefficient (Wildman–Crippen LogP) is 1.69. The zero-order chi connectivity index (χ0) is 13.7. The molecule has 19 heavy (non-hydrogen) atoms. The van der Waals surface area contributed by atoms with Gasteiger partial charge < -0.3 is 9.84 Å². The highest BCUT2D eigenvalue weighted by atomic mass is 32.2. The molecule has 0 amide bonds. The summed E-state index contributed by atoms with van der Waals surface area (Å²) in [6.07, 6.45) is 6.23. The summed E-state index contributed by atoms with van der Waals surface area (Å²) in [5, 5.41) is 6.49. The van der Waals surface area contributed by atoms with Crippen LogP contribution in [0.15, 0.2) is 40.3 Å². The largest absolute Gasteiger partial charge is 0.384 e. The van der Waals surface area contributed by atoms with Crippen molar-refractivity contribution < 1.29 is 12.9 Å². The molecule has 0 aliphatic heterocycles. The lowest BCUT2D eigenvalue weighted by molar-refractivity contribution is 0.420. The first-order valence-electron chi connectivity index (χ1n) is 5.73. The minimum atomic E-state index is -3.72. The van der Waals surface area contributed by atoms with E-state index in [4.69, 9.17) is 0 Å². The quantitative estimate of drug-likeness (QED) is 0.836. The molecule has 2 N–H and O–H groups in total. The van der Waals surface area contributed by atoms with E-state index in [1.165, 1.54) is 24.9 Å². The topological polar surface area (TPSA) is 97.1 Å². The average molecular weight is 282 g/mol. The Morgan fingerprint density at radius 3 is 2.89 bits per heavy atom. The summed E-state index contributed by atoms with van der Waals surface area (Å²) in [7, 11) is -3.72. The highest BCUT2D eigenvalue weighted by Crippen LogP contribution is 2.22. The van der Waals surface area contributed by atoms with Crippen LogP contribution in [0.4, 0.5) is 11.4 Å². The maximum Gasteiger partial charge on any atom is 0.265 e. The number of anilines is 2. The van der Waals surface area contributed by atoms with Gasteiger partial charge in [0.25, 0.3) is 10.0 Å². The molecule has 2 aromatic rings. The molecular formula is C11H14N4O3S. The number of sulfonamides is 1. The van der Waals surface area contributed by atoms with E-state index in [0.29, 0.717) is 12.2 Å². The average Bonchev–Trinajstić information content (AvgIpc) is 2.88. The summed E-state index contributed by atoms with van der Waals surface area (Å²) < 4.78 is 31.4. The first-order valence-corrected chi connectivity index (χ1v) is 7.22. The third kappa shape index (κ3) is 3.22. The third-order valence-corrected chi connectivity index (χ3v) is 3.73. The van der Waals surface area contributed by atoms with E-state index in [1.54, 1.807) is 6.07 Å². The SMILES string of the molecule is CCCNc1ccncc1S(=O)(=O)Nc1cnoc1. The van der Waals surface area contributed by atoms with Gasteiger partial charge in [0.2, 0.25) is 0 Å². The van der Waals surface area contributed by atoms with Gasteiger partial charge in [0, 0.05) is 18.9 Å². The lowest BCUT2D eigenvalue weighted by Gasteiger charge is -2.11. The number of hydrogen-bond acceptors (Lipinski definition) is 6. The molecule has 0 aliphatic rings. The Morgan fingerprint density at radius 2 is 2.21 bits per heavy atom. The van der Waals surface area contributed by atoms with E-state index >= 15 is 0 Å². The van der Waals surface area contributed by atoms with Crippen LogP contribution in [-0.2, 0) is 10.0 Å². The van der Waals surface area contributed by atoms with Gasteiger partial charge in [-0.15, -0.1) is 0 Å². The van der Waals surface area contributed by atoms with E-state index in [1.807, 2.05) is 6.92 Å². The molecule has 0 aromatic carbocycles. The summed E-state index contributed by atoms with van der Waals surface area (Å²) in [5.74, 6) is 0. The van der Waals surface area contributed by atoms with Gasteiger partial charge in [0.05, 0.1) is 11.9 Å². The predicted molar refractivity (Wildman–Crippen MR) is 70.3 cm³/mol. The van der Waals surface area contributed by atoms with Crippen LogP contribution in [0, 0.1) is 0 Å². The van der Waals surface area contributed by atoms with Gasteiger partial charge in [-0.1, -0.05) is 12.1 Å². The molecular weight excluding hydrogens is 268 g/mol. The van der Waals surface area contributed by atoms with E-state index in [9.17, 15) is 8.42 Å². The molecule has 0 saturated carbocycles. The number of aromatic nitrogens is 2. The Kier molecular flexibility index (Phi) is 4.00. The van der Waals surface area contributed by atoms with E-state index in [-0.39, 0.29) is 10.6 Å². The smallest absolute Gasteiger partial charge is 0.265 e. The van der Waals surface area contributed by atoms with E-state index in [0.717, 1.165) is 6.42 Å². The van der Waals surface area contributed by atoms with Crippen molar-refractivity contribution in [2.24, 2.45) is 0 Å². The van der Waals surface area contributed by atoms with Gasteiger partial charge in [-0.2, -0.15) is 0 Å². The fraction of sp³-hybridized carbons (Fsp3) is 0.273. The summed E-state index contributed by atoms with van der Waals surface area (Å²) in [5.41, 5.74) is 0.783. The van der Waals surface area contributed by atoms with E-state index < -0.39 is 10.0 Å². The Labute approximate surface area is 111 Å². The molecule has 2 heterocycles. The Balaban J connectivity index is 2.29. The molecule has 2 rings (SSSR count). The van der Waals surface area contributed by atoms with Gasteiger partial charge in [0.15, 0.2) is 0 Å². The minimum absolute atomic E-state index is 0.0876. The van der Waals surface area contributed by atoms with Crippen molar-refractivity contribution in [2.45, 2.75) is 18.2 Å². The molecule has 0 fully saturated rings. The van der Waals surface area contributed by atoms with Gasteiger partial charge in [-0.25, -0.2) is 8.42 Å². The van der Waals surface area contributed by atoms with Crippen LogP contribution in [-0.4, -0.2) is 25.1 Å². The number of rotatable bonds is 6. The highest BCUT2D eigenvalue weighted by Gasteiger charge is 2.19. The number of nitrogens with zero attached hydrogens (tertiary/aromatic N) is 2. The standard InChI is InChI=1S/C11H14N4O3S/c1-2-4-13-10-3-5-12-7-11(10)19(16,17)15-9-6-14-18-8-9/h3,5-8,15H,2,4H2,1H3,(H,12,13). The zero-order valence-corrected chi connectivity index (χ0v) is 11.1. The number of hydrogen-bond donors (Lipinski definition) is 2. The van der Waals surface area contributed by atoms with Crippen LogP contribution < -0.4 is 10.0 Å². The normalized spacial score (nSPS) is 11.2. The molecule has 0 atom stereocenters. The number of nitrogens with one attached hydrogen (secondary N) is 2. The van der Waals surface area contributed by atoms with Crippen molar-refractivity contribution in [2.75, 3.05) is 16.6 Å². The molecule has 102 valence electrons. The van der Waals surface area contributed by atoms with Crippen molar-refractivity contribution >= 4 is 21.4 Å². The first kappa shape index (κ1) is 13.3. The summed E-state index contributed by atoms with van der Waals surface area (Å²) in [6.45, 7) is 2.68. The molecule has 8 heteroatoms. The number of pyridine rings is 1. The molecule has 0 spiro atoms. The molecule has 0 bridgehead atoms. The van der Waals surface area contributed by atoms with Crippen molar-refractivity contribution in [3.05, 3.63) is 30.9 Å². The van der Waals surface area contributed by atoms with Crippen LogP contribution in [0.5, 0.6) is 0 Å². The third-order valence-electron chi connectivity index (χ3n) is 2.32. The zero-order valence-electron chi connectivity index (χ0n) is 10.3. The molecule has 0 unspecified atom stereocenters. The fourth-order valence-electron chi connectivity index (χ4n) is 1.47. The van der Waals surface area contributed by atoms with Crippen LogP contribution in [0.25, 0.3) is 0 Å². The Morgan fingerprint density at radius 1 is 1.37 bits per heavy atom. The summed E-state index contributed by atoms with van der Waals surface area (Å²) in [4.78, 5) is 3.94. The monoisotopic (exact) mass is 282 g/mol. The maximum atomic E-state index is 12.2. The molecule has 0 aliphatic carbocycles. The summed E-state index contributed by atoms with van der Waals surface area (Å²) in [6, 6.07) is 1.62. The van der Waals surface area contributed by atoms with Crippen LogP contribution in [0.3, 0.4) is 0 Å². The lowest BCUT2D eigenvalue weighted by atomic mass is 10.4. The molecule has 2 aromatic heterocycles. The second-order valence-corrected chi connectivity index (χ2v) is 5.47. The first-order chi connectivity index (χ1) is 9.13. The van der Waals surface area contributed by atoms with Gasteiger partial charge >= 0.3 is 0 Å². The highest BCUT2D eigenvalue weighted by molar-refractivity contribution is 7.92. The van der Waals surface area contributed by atoms with Crippen LogP contribution in [0.2, 0.25) is 0 Å². The van der Waals surface area contributed by atoms with E-state index in [2.05, 4.69) is 24.7 Å². The Bertz CT molecular complexity index is 625. The second kappa shape index (κ2) is 5.70. The van der Waals surface area contributed by atoms with Gasteiger partial charge in [0.1, 0.15) is 16.8 Å². The maximum absolute atomic E-state index is 12.2. The molecule has 0 radical (unpaired) electrons. The van der Waals surface area contributed by atoms with Crippen LogP contribution in [0.1, 0.15) is 13.3 Å². The van der Waals surface area contributed by atoms with Gasteiger partial charge in [-0.05, 0) is 12.5 Å². The second-order valence-electron chi connectivity index (χ2n) is 3.82. The minimum Gasteiger partial charge on any atom is -0.384 e. The van der Waals surface area contributed by atoms with Crippen molar-refractivity contribution in [3.8, 4) is 0 Å². The van der Waals surface area contributed by atoms with Crippen molar-refractivity contribution in [1.82, 2.24) is 10.1 Å². The molecule has 7 nitrogen and oxygen atoms in total. The van der Waals surface area contributed by atoms with Crippen LogP contribution >= 0.6 is 0 Å². The lowest BCUT2D eigenvalue weighted by Crippen LogP contribution is -2.15. The fourth-order valence-corrected chi connectivity index (χ4v) is 2.62.